The normalized spacial score (nSPS) is 14.4. The highest BCUT2D eigenvalue weighted by molar-refractivity contribution is 7.58. The summed E-state index contributed by atoms with van der Waals surface area (Å²) in [6.45, 7) is 2.67. The molecule has 1 atom stereocenters. The van der Waals surface area contributed by atoms with E-state index in [-0.39, 0.29) is 6.61 Å². The molecule has 0 heterocycles. The van der Waals surface area contributed by atoms with Gasteiger partial charge in [0, 0.05) is 20.6 Å². The molecule has 0 aromatic carbocycles. The van der Waals surface area contributed by atoms with E-state index < -0.39 is 30.9 Å². The molecule has 6 nitrogen and oxygen atoms in total. The summed E-state index contributed by atoms with van der Waals surface area (Å²) in [6.07, 6.45) is 4.73. The molecule has 0 aromatic heterocycles. The Bertz CT molecular complexity index is 402. The van der Waals surface area contributed by atoms with Gasteiger partial charge in [-0.25, -0.2) is 0 Å². The van der Waals surface area contributed by atoms with Gasteiger partial charge in [0.15, 0.2) is 5.78 Å². The second-order valence-corrected chi connectivity index (χ2v) is 5.87. The van der Waals surface area contributed by atoms with Gasteiger partial charge in [-0.2, -0.15) is 0 Å². The minimum absolute atomic E-state index is 0.0197. The van der Waals surface area contributed by atoms with Gasteiger partial charge < -0.3 is 13.8 Å². The molecule has 0 N–H and O–H groups in total. The number of ketones is 1. The Morgan fingerprint density at radius 1 is 1.33 bits per heavy atom. The van der Waals surface area contributed by atoms with Gasteiger partial charge >= 0.3 is 13.6 Å². The summed E-state index contributed by atoms with van der Waals surface area (Å²) in [6, 6.07) is 0. The van der Waals surface area contributed by atoms with Crippen LogP contribution in [-0.4, -0.2) is 37.7 Å². The quantitative estimate of drug-likeness (QED) is 0.302. The minimum atomic E-state index is -4.05. The van der Waals surface area contributed by atoms with E-state index >= 15 is 0 Å². The Hall–Kier alpha value is -1.15. The number of carbonyl (C=O) groups is 2. The van der Waals surface area contributed by atoms with Crippen LogP contribution in [-0.2, 0) is 27.9 Å². The van der Waals surface area contributed by atoms with Gasteiger partial charge in [0.1, 0.15) is 0 Å². The molecule has 7 heteroatoms. The molecule has 0 aliphatic heterocycles. The molecule has 0 fully saturated rings. The first kappa shape index (κ1) is 16.9. The number of hydrogen-bond acceptors (Lipinski definition) is 6. The van der Waals surface area contributed by atoms with Crippen LogP contribution in [0.4, 0.5) is 0 Å². The molecule has 18 heavy (non-hydrogen) atoms. The van der Waals surface area contributed by atoms with Crippen molar-refractivity contribution < 1.29 is 27.9 Å². The number of Topliss-reactive ketones (excluding diaryl/α,β-unsaturated/α-hetero) is 1. The van der Waals surface area contributed by atoms with Crippen molar-refractivity contribution >= 4 is 19.3 Å². The second-order valence-electron chi connectivity index (χ2n) is 3.38. The monoisotopic (exact) mass is 276 g/mol. The Kier molecular flexibility index (Phi) is 6.27. The number of hydrogen-bond donors (Lipinski definition) is 0. The molecule has 0 aromatic rings. The van der Waals surface area contributed by atoms with Crippen molar-refractivity contribution in [1.82, 2.24) is 0 Å². The van der Waals surface area contributed by atoms with Crippen LogP contribution < -0.4 is 0 Å². The fraction of sp³-hybridized carbons (Fsp3) is 0.636. The van der Waals surface area contributed by atoms with Crippen LogP contribution in [0, 0.1) is 12.3 Å². The molecular weight excluding hydrogens is 259 g/mol. The molecule has 0 saturated heterocycles. The first-order valence-electron chi connectivity index (χ1n) is 5.19. The zero-order valence-corrected chi connectivity index (χ0v) is 11.8. The van der Waals surface area contributed by atoms with Crippen molar-refractivity contribution in [3.63, 3.8) is 0 Å². The zero-order valence-electron chi connectivity index (χ0n) is 10.9. The Balaban J connectivity index is 5.95. The van der Waals surface area contributed by atoms with Crippen molar-refractivity contribution in [2.75, 3.05) is 20.8 Å². The topological polar surface area (TPSA) is 78.9 Å². The van der Waals surface area contributed by atoms with Gasteiger partial charge in [-0.3, -0.25) is 14.2 Å². The summed E-state index contributed by atoms with van der Waals surface area (Å²) < 4.78 is 26.7. The molecule has 0 aliphatic rings. The van der Waals surface area contributed by atoms with E-state index in [4.69, 9.17) is 20.2 Å². The Labute approximate surface area is 107 Å². The minimum Gasteiger partial charge on any atom is -0.465 e. The highest BCUT2D eigenvalue weighted by Gasteiger charge is 2.61. The Morgan fingerprint density at radius 2 is 1.83 bits per heavy atom. The van der Waals surface area contributed by atoms with Crippen LogP contribution in [0.2, 0.25) is 0 Å². The maximum absolute atomic E-state index is 12.5. The molecule has 0 rings (SSSR count). The number of terminal acetylenes is 1. The lowest BCUT2D eigenvalue weighted by Crippen LogP contribution is -2.47. The summed E-state index contributed by atoms with van der Waals surface area (Å²) in [5, 5.41) is -2.11. The number of ether oxygens (including phenoxy) is 1. The van der Waals surface area contributed by atoms with Crippen molar-refractivity contribution in [2.24, 2.45) is 0 Å². The fourth-order valence-corrected chi connectivity index (χ4v) is 3.26. The van der Waals surface area contributed by atoms with Crippen molar-refractivity contribution in [2.45, 2.75) is 25.4 Å². The van der Waals surface area contributed by atoms with Crippen molar-refractivity contribution in [3.05, 3.63) is 0 Å². The molecule has 0 aliphatic carbocycles. The van der Waals surface area contributed by atoms with Crippen molar-refractivity contribution in [1.29, 1.82) is 0 Å². The van der Waals surface area contributed by atoms with Gasteiger partial charge in [-0.05, 0) is 13.8 Å². The lowest BCUT2D eigenvalue weighted by Gasteiger charge is -2.31. The van der Waals surface area contributed by atoms with Crippen LogP contribution in [0.5, 0.6) is 0 Å². The molecule has 1 unspecified atom stereocenters. The average molecular weight is 276 g/mol. The smallest absolute Gasteiger partial charge is 0.355 e. The Morgan fingerprint density at radius 3 is 2.11 bits per heavy atom. The molecule has 0 spiro atoms. The lowest BCUT2D eigenvalue weighted by atomic mass is 10.0. The average Bonchev–Trinajstić information content (AvgIpc) is 2.34. The number of rotatable bonds is 7. The van der Waals surface area contributed by atoms with Crippen LogP contribution in [0.1, 0.15) is 20.3 Å². The van der Waals surface area contributed by atoms with Crippen molar-refractivity contribution in [3.8, 4) is 12.3 Å². The van der Waals surface area contributed by atoms with Gasteiger partial charge in [0.25, 0.3) is 0 Å². The third kappa shape index (κ3) is 2.64. The largest absolute Gasteiger partial charge is 0.465 e. The van der Waals surface area contributed by atoms with Crippen LogP contribution in [0.25, 0.3) is 0 Å². The molecule has 102 valence electrons. The summed E-state index contributed by atoms with van der Waals surface area (Å²) in [5.41, 5.74) is 0. The summed E-state index contributed by atoms with van der Waals surface area (Å²) in [7, 11) is -1.89. The first-order valence-corrected chi connectivity index (χ1v) is 6.73. The van der Waals surface area contributed by atoms with Gasteiger partial charge in [0.05, 0.1) is 6.61 Å². The highest BCUT2D eigenvalue weighted by atomic mass is 31.2. The van der Waals surface area contributed by atoms with E-state index in [1.54, 1.807) is 6.92 Å². The highest BCUT2D eigenvalue weighted by Crippen LogP contribution is 2.61. The van der Waals surface area contributed by atoms with E-state index in [0.29, 0.717) is 0 Å². The molecule has 0 saturated carbocycles. The van der Waals surface area contributed by atoms with Crippen LogP contribution in [0.3, 0.4) is 0 Å². The predicted molar refractivity (Wildman–Crippen MR) is 65.1 cm³/mol. The zero-order chi connectivity index (χ0) is 14.4. The van der Waals surface area contributed by atoms with Crippen LogP contribution >= 0.6 is 7.60 Å². The SMILES string of the molecule is C#CCC(C(C)=O)(C(=O)OCC)P(=O)(OC)OC. The van der Waals surface area contributed by atoms with E-state index in [2.05, 4.69) is 5.92 Å². The van der Waals surface area contributed by atoms with Gasteiger partial charge in [-0.15, -0.1) is 12.3 Å². The summed E-state index contributed by atoms with van der Waals surface area (Å²) in [5.74, 6) is 0.435. The molecular formula is C11H17O6P. The molecule has 0 radical (unpaired) electrons. The summed E-state index contributed by atoms with van der Waals surface area (Å²) >= 11 is 0. The predicted octanol–water partition coefficient (Wildman–Crippen LogP) is 1.39. The number of carbonyl (C=O) groups excluding carboxylic acids is 2. The van der Waals surface area contributed by atoms with E-state index in [9.17, 15) is 14.2 Å². The van der Waals surface area contributed by atoms with E-state index in [1.807, 2.05) is 0 Å². The third-order valence-corrected chi connectivity index (χ3v) is 5.05. The lowest BCUT2D eigenvalue weighted by molar-refractivity contribution is -0.149. The van der Waals surface area contributed by atoms with E-state index in [1.165, 1.54) is 0 Å². The van der Waals surface area contributed by atoms with Gasteiger partial charge in [0.2, 0.25) is 5.16 Å². The summed E-state index contributed by atoms with van der Waals surface area (Å²) in [4.78, 5) is 23.8. The maximum atomic E-state index is 12.5. The number of esters is 1. The third-order valence-electron chi connectivity index (χ3n) is 2.50. The fourth-order valence-electron chi connectivity index (χ4n) is 1.53. The van der Waals surface area contributed by atoms with E-state index in [0.717, 1.165) is 21.1 Å². The second kappa shape index (κ2) is 6.69. The van der Waals surface area contributed by atoms with Gasteiger partial charge in [-0.1, -0.05) is 0 Å². The first-order chi connectivity index (χ1) is 8.36. The van der Waals surface area contributed by atoms with Crippen LogP contribution in [0.15, 0.2) is 0 Å². The molecule has 0 amide bonds. The molecule has 0 bridgehead atoms. The maximum Gasteiger partial charge on any atom is 0.355 e. The standard InChI is InChI=1S/C11H17O6P/c1-6-8-11(9(3)12,10(13)17-7-2)18(14,15-4)16-5/h1H,7-8H2,2-5H3.